The van der Waals surface area contributed by atoms with Crippen molar-refractivity contribution in [3.63, 3.8) is 0 Å². The van der Waals surface area contributed by atoms with Crippen LogP contribution in [0.1, 0.15) is 13.3 Å². The Kier molecular flexibility index (Phi) is 3.53. The molecule has 6 heteroatoms. The number of hydrogen-bond donors (Lipinski definition) is 2. The minimum absolute atomic E-state index is 0.0409. The first-order valence-corrected chi connectivity index (χ1v) is 6.51. The van der Waals surface area contributed by atoms with Gasteiger partial charge in [0.15, 0.2) is 0 Å². The van der Waals surface area contributed by atoms with Crippen molar-refractivity contribution < 1.29 is 4.92 Å². The van der Waals surface area contributed by atoms with E-state index in [0.29, 0.717) is 3.57 Å². The minimum Gasteiger partial charge on any atom is -0.379 e. The molecule has 1 heterocycles. The van der Waals surface area contributed by atoms with Crippen molar-refractivity contribution in [3.05, 3.63) is 31.9 Å². The maximum Gasteiger partial charge on any atom is 0.282 e. The fourth-order valence-electron chi connectivity index (χ4n) is 2.00. The van der Waals surface area contributed by atoms with Crippen LogP contribution in [0.3, 0.4) is 0 Å². The van der Waals surface area contributed by atoms with E-state index in [2.05, 4.69) is 17.6 Å². The largest absolute Gasteiger partial charge is 0.379 e. The van der Waals surface area contributed by atoms with Crippen LogP contribution in [0.5, 0.6) is 0 Å². The Hall–Kier alpha value is -0.890. The number of nitrogens with one attached hydrogen (secondary N) is 2. The summed E-state index contributed by atoms with van der Waals surface area (Å²) in [6.07, 6.45) is 1.06. The fourth-order valence-corrected chi connectivity index (χ4v) is 2.72. The molecule has 2 N–H and O–H groups in total. The molecule has 1 aliphatic rings. The number of nitro groups is 1. The van der Waals surface area contributed by atoms with Gasteiger partial charge in [-0.15, -0.1) is 0 Å². The second-order valence-corrected chi connectivity index (χ2v) is 5.70. The summed E-state index contributed by atoms with van der Waals surface area (Å²) in [4.78, 5) is 10.4. The third kappa shape index (κ3) is 2.86. The van der Waals surface area contributed by atoms with E-state index in [9.17, 15) is 10.1 Å². The molecule has 1 atom stereocenters. The molecule has 5 nitrogen and oxygen atoms in total. The standard InChI is InChI=1S/C11H14IN3O2/c1-11(4-5-13-7-11)14-8-2-3-10(15(16)17)9(12)6-8/h2-3,6,13-14H,4-5,7H2,1H3. The van der Waals surface area contributed by atoms with Crippen LogP contribution in [-0.2, 0) is 0 Å². The van der Waals surface area contributed by atoms with Crippen LogP contribution in [0.15, 0.2) is 18.2 Å². The summed E-state index contributed by atoms with van der Waals surface area (Å²) in [5.74, 6) is 0. The number of hydrogen-bond acceptors (Lipinski definition) is 4. The summed E-state index contributed by atoms with van der Waals surface area (Å²) in [5, 5.41) is 17.4. The third-order valence-corrected chi connectivity index (χ3v) is 3.82. The van der Waals surface area contributed by atoms with E-state index in [1.165, 1.54) is 0 Å². The highest BCUT2D eigenvalue weighted by Crippen LogP contribution is 2.27. The van der Waals surface area contributed by atoms with Gasteiger partial charge >= 0.3 is 0 Å². The Bertz CT molecular complexity index is 444. The summed E-state index contributed by atoms with van der Waals surface area (Å²) < 4.78 is 0.659. The van der Waals surface area contributed by atoms with Crippen LogP contribution in [0, 0.1) is 13.7 Å². The first-order valence-electron chi connectivity index (χ1n) is 5.43. The maximum atomic E-state index is 10.7. The maximum absolute atomic E-state index is 10.7. The lowest BCUT2D eigenvalue weighted by molar-refractivity contribution is -0.385. The average molecular weight is 347 g/mol. The lowest BCUT2D eigenvalue weighted by Crippen LogP contribution is -2.36. The minimum atomic E-state index is -0.357. The van der Waals surface area contributed by atoms with E-state index in [1.807, 2.05) is 28.7 Å². The first kappa shape index (κ1) is 12.6. The van der Waals surface area contributed by atoms with Gasteiger partial charge in [0, 0.05) is 23.8 Å². The van der Waals surface area contributed by atoms with Gasteiger partial charge in [-0.2, -0.15) is 0 Å². The zero-order valence-electron chi connectivity index (χ0n) is 9.50. The molecule has 0 spiro atoms. The molecule has 1 aromatic carbocycles. The van der Waals surface area contributed by atoms with Gasteiger partial charge in [0.25, 0.3) is 5.69 Å². The van der Waals surface area contributed by atoms with Crippen molar-refractivity contribution in [1.82, 2.24) is 5.32 Å². The van der Waals surface area contributed by atoms with E-state index in [1.54, 1.807) is 12.1 Å². The first-order chi connectivity index (χ1) is 8.00. The molecule has 1 fully saturated rings. The van der Waals surface area contributed by atoms with Gasteiger partial charge in [-0.3, -0.25) is 10.1 Å². The molecule has 2 rings (SSSR count). The Morgan fingerprint density at radius 2 is 2.35 bits per heavy atom. The van der Waals surface area contributed by atoms with E-state index in [-0.39, 0.29) is 16.1 Å². The second-order valence-electron chi connectivity index (χ2n) is 4.54. The average Bonchev–Trinajstić information content (AvgIpc) is 2.64. The highest BCUT2D eigenvalue weighted by molar-refractivity contribution is 14.1. The number of nitro benzene ring substituents is 1. The Labute approximate surface area is 113 Å². The fraction of sp³-hybridized carbons (Fsp3) is 0.455. The Morgan fingerprint density at radius 3 is 2.88 bits per heavy atom. The SMILES string of the molecule is CC1(Nc2ccc([N+](=O)[O-])c(I)c2)CCNC1. The highest BCUT2D eigenvalue weighted by atomic mass is 127. The van der Waals surface area contributed by atoms with Crippen LogP contribution >= 0.6 is 22.6 Å². The molecule has 1 saturated heterocycles. The summed E-state index contributed by atoms with van der Waals surface area (Å²) >= 11 is 2.00. The van der Waals surface area contributed by atoms with Gasteiger partial charge in [0.05, 0.1) is 8.49 Å². The van der Waals surface area contributed by atoms with Gasteiger partial charge in [-0.25, -0.2) is 0 Å². The number of nitrogens with zero attached hydrogens (tertiary/aromatic N) is 1. The van der Waals surface area contributed by atoms with Crippen LogP contribution in [-0.4, -0.2) is 23.6 Å². The number of rotatable bonds is 3. The van der Waals surface area contributed by atoms with Crippen molar-refractivity contribution in [2.75, 3.05) is 18.4 Å². The number of benzene rings is 1. The molecule has 0 bridgehead atoms. The van der Waals surface area contributed by atoms with E-state index in [4.69, 9.17) is 0 Å². The predicted molar refractivity (Wildman–Crippen MR) is 75.3 cm³/mol. The van der Waals surface area contributed by atoms with Gasteiger partial charge in [0.2, 0.25) is 0 Å². The van der Waals surface area contributed by atoms with Gasteiger partial charge in [-0.05, 0) is 54.6 Å². The second kappa shape index (κ2) is 4.77. The lowest BCUT2D eigenvalue weighted by Gasteiger charge is -2.25. The molecule has 0 radical (unpaired) electrons. The van der Waals surface area contributed by atoms with Gasteiger partial charge in [-0.1, -0.05) is 0 Å². The summed E-state index contributed by atoms with van der Waals surface area (Å²) in [6, 6.07) is 5.14. The third-order valence-electron chi connectivity index (χ3n) is 2.96. The van der Waals surface area contributed by atoms with Crippen molar-refractivity contribution in [3.8, 4) is 0 Å². The normalized spacial score (nSPS) is 23.6. The lowest BCUT2D eigenvalue weighted by atomic mass is 10.0. The topological polar surface area (TPSA) is 67.2 Å². The molecule has 1 unspecified atom stereocenters. The Balaban J connectivity index is 2.17. The van der Waals surface area contributed by atoms with Gasteiger partial charge < -0.3 is 10.6 Å². The molecule has 0 aliphatic carbocycles. The van der Waals surface area contributed by atoms with Crippen molar-refractivity contribution >= 4 is 34.0 Å². The van der Waals surface area contributed by atoms with Crippen LogP contribution in [0.25, 0.3) is 0 Å². The zero-order valence-corrected chi connectivity index (χ0v) is 11.7. The van der Waals surface area contributed by atoms with E-state index < -0.39 is 0 Å². The summed E-state index contributed by atoms with van der Waals surface area (Å²) in [5.41, 5.74) is 1.14. The summed E-state index contributed by atoms with van der Waals surface area (Å²) in [7, 11) is 0. The molecule has 0 amide bonds. The molecule has 92 valence electrons. The molecule has 1 aromatic rings. The highest BCUT2D eigenvalue weighted by Gasteiger charge is 2.28. The molecule has 17 heavy (non-hydrogen) atoms. The number of anilines is 1. The van der Waals surface area contributed by atoms with Gasteiger partial charge in [0.1, 0.15) is 0 Å². The van der Waals surface area contributed by atoms with Crippen molar-refractivity contribution in [2.24, 2.45) is 0 Å². The summed E-state index contributed by atoms with van der Waals surface area (Å²) in [6.45, 7) is 4.08. The predicted octanol–water partition coefficient (Wildman–Crippen LogP) is 2.36. The smallest absolute Gasteiger partial charge is 0.282 e. The van der Waals surface area contributed by atoms with Crippen molar-refractivity contribution in [1.29, 1.82) is 0 Å². The van der Waals surface area contributed by atoms with E-state index in [0.717, 1.165) is 25.2 Å². The quantitative estimate of drug-likeness (QED) is 0.501. The molecular weight excluding hydrogens is 333 g/mol. The Morgan fingerprint density at radius 1 is 1.59 bits per heavy atom. The number of halogens is 1. The molecule has 0 aromatic heterocycles. The molecule has 1 aliphatic heterocycles. The van der Waals surface area contributed by atoms with E-state index >= 15 is 0 Å². The van der Waals surface area contributed by atoms with Crippen molar-refractivity contribution in [2.45, 2.75) is 18.9 Å². The van der Waals surface area contributed by atoms with Crippen LogP contribution < -0.4 is 10.6 Å². The molecular formula is C11H14IN3O2. The van der Waals surface area contributed by atoms with Crippen LogP contribution in [0.4, 0.5) is 11.4 Å². The molecule has 0 saturated carbocycles. The van der Waals surface area contributed by atoms with Crippen LogP contribution in [0.2, 0.25) is 0 Å². The monoisotopic (exact) mass is 347 g/mol. The zero-order chi connectivity index (χ0) is 12.5.